The molecule has 2 aromatic rings. The number of rotatable bonds is 7. The highest BCUT2D eigenvalue weighted by Gasteiger charge is 2.33. The Morgan fingerprint density at radius 1 is 1.07 bits per heavy atom. The van der Waals surface area contributed by atoms with Crippen LogP contribution in [0.15, 0.2) is 47.4 Å². The molecular formula is C19H20ClF3N2O4S. The van der Waals surface area contributed by atoms with Crippen LogP contribution in [0.4, 0.5) is 18.9 Å². The summed E-state index contributed by atoms with van der Waals surface area (Å²) in [5.41, 5.74) is -1.44. The molecule has 6 nitrogen and oxygen atoms in total. The standard InChI is InChI=1S/C19H20ClF3N2O4S/c1-11(2)24-18(26)12(3)29-14-5-7-15(8-6-14)30(27,28)25-13-4-9-17(20)16(10-13)19(21,22)23/h4-12,25H,1-3H3,(H,24,26)/t12-/m1/s1. The van der Waals surface area contributed by atoms with Gasteiger partial charge in [0.1, 0.15) is 5.75 Å². The third-order valence-electron chi connectivity index (χ3n) is 3.77. The zero-order chi connectivity index (χ0) is 22.7. The molecule has 0 saturated carbocycles. The Morgan fingerprint density at radius 3 is 2.20 bits per heavy atom. The van der Waals surface area contributed by atoms with Crippen LogP contribution in [0.3, 0.4) is 0 Å². The van der Waals surface area contributed by atoms with Crippen molar-refractivity contribution in [3.8, 4) is 5.75 Å². The third-order valence-corrected chi connectivity index (χ3v) is 5.50. The van der Waals surface area contributed by atoms with Crippen molar-refractivity contribution in [2.75, 3.05) is 4.72 Å². The van der Waals surface area contributed by atoms with Crippen molar-refractivity contribution >= 4 is 33.2 Å². The van der Waals surface area contributed by atoms with Gasteiger partial charge in [-0.1, -0.05) is 11.6 Å². The lowest BCUT2D eigenvalue weighted by Crippen LogP contribution is -2.40. The van der Waals surface area contributed by atoms with Crippen LogP contribution in [0.5, 0.6) is 5.75 Å². The summed E-state index contributed by atoms with van der Waals surface area (Å²) < 4.78 is 71.4. The van der Waals surface area contributed by atoms with Crippen molar-refractivity contribution in [2.24, 2.45) is 0 Å². The molecule has 0 aromatic heterocycles. The van der Waals surface area contributed by atoms with Crippen LogP contribution in [0.25, 0.3) is 0 Å². The first-order valence-electron chi connectivity index (χ1n) is 8.76. The molecule has 1 atom stereocenters. The summed E-state index contributed by atoms with van der Waals surface area (Å²) in [6, 6.07) is 7.76. The van der Waals surface area contributed by atoms with E-state index in [0.29, 0.717) is 6.07 Å². The maximum absolute atomic E-state index is 13.0. The van der Waals surface area contributed by atoms with Gasteiger partial charge in [0.2, 0.25) is 0 Å². The molecular weight excluding hydrogens is 445 g/mol. The smallest absolute Gasteiger partial charge is 0.417 e. The first-order chi connectivity index (χ1) is 13.8. The SMILES string of the molecule is CC(C)NC(=O)[C@@H](C)Oc1ccc(S(=O)(=O)Nc2ccc(Cl)c(C(F)(F)F)c2)cc1. The molecule has 2 aromatic carbocycles. The van der Waals surface area contributed by atoms with Crippen LogP contribution >= 0.6 is 11.6 Å². The first-order valence-corrected chi connectivity index (χ1v) is 10.6. The number of hydrogen-bond donors (Lipinski definition) is 2. The molecule has 0 spiro atoms. The number of carbonyl (C=O) groups is 1. The predicted molar refractivity (Wildman–Crippen MR) is 107 cm³/mol. The van der Waals surface area contributed by atoms with Crippen LogP contribution in [-0.4, -0.2) is 26.5 Å². The van der Waals surface area contributed by atoms with E-state index in [4.69, 9.17) is 16.3 Å². The lowest BCUT2D eigenvalue weighted by molar-refractivity contribution is -0.137. The summed E-state index contributed by atoms with van der Waals surface area (Å²) in [5, 5.41) is 2.15. The maximum Gasteiger partial charge on any atom is 0.417 e. The van der Waals surface area contributed by atoms with E-state index in [1.807, 2.05) is 0 Å². The van der Waals surface area contributed by atoms with Crippen LogP contribution in [0.1, 0.15) is 26.3 Å². The van der Waals surface area contributed by atoms with Gasteiger partial charge >= 0.3 is 6.18 Å². The van der Waals surface area contributed by atoms with Gasteiger partial charge in [-0.05, 0) is 63.2 Å². The average Bonchev–Trinajstić information content (AvgIpc) is 2.62. The molecule has 0 heterocycles. The highest BCUT2D eigenvalue weighted by Crippen LogP contribution is 2.36. The van der Waals surface area contributed by atoms with Crippen LogP contribution in [-0.2, 0) is 21.0 Å². The second kappa shape index (κ2) is 9.13. The van der Waals surface area contributed by atoms with Crippen molar-refractivity contribution in [3.63, 3.8) is 0 Å². The normalized spacial score (nSPS) is 13.1. The molecule has 0 aliphatic rings. The summed E-state index contributed by atoms with van der Waals surface area (Å²) in [6.45, 7) is 5.15. The van der Waals surface area contributed by atoms with E-state index in [1.165, 1.54) is 24.3 Å². The molecule has 0 aliphatic carbocycles. The highest BCUT2D eigenvalue weighted by molar-refractivity contribution is 7.92. The van der Waals surface area contributed by atoms with E-state index in [-0.39, 0.29) is 28.3 Å². The minimum Gasteiger partial charge on any atom is -0.481 e. The molecule has 0 fully saturated rings. The van der Waals surface area contributed by atoms with Gasteiger partial charge in [-0.2, -0.15) is 13.2 Å². The Morgan fingerprint density at radius 2 is 1.67 bits per heavy atom. The Balaban J connectivity index is 2.15. The summed E-state index contributed by atoms with van der Waals surface area (Å²) in [7, 11) is -4.16. The van der Waals surface area contributed by atoms with E-state index >= 15 is 0 Å². The Hall–Kier alpha value is -2.46. The fraction of sp³-hybridized carbons (Fsp3) is 0.316. The number of hydrogen-bond acceptors (Lipinski definition) is 4. The van der Waals surface area contributed by atoms with Gasteiger partial charge in [0, 0.05) is 11.7 Å². The van der Waals surface area contributed by atoms with Crippen molar-refractivity contribution in [3.05, 3.63) is 53.1 Å². The fourth-order valence-electron chi connectivity index (χ4n) is 2.38. The Bertz CT molecular complexity index is 1010. The number of carbonyl (C=O) groups excluding carboxylic acids is 1. The van der Waals surface area contributed by atoms with E-state index in [1.54, 1.807) is 20.8 Å². The second-order valence-electron chi connectivity index (χ2n) is 6.69. The van der Waals surface area contributed by atoms with Crippen molar-refractivity contribution in [1.29, 1.82) is 0 Å². The zero-order valence-corrected chi connectivity index (χ0v) is 17.8. The monoisotopic (exact) mass is 464 g/mol. The van der Waals surface area contributed by atoms with Gasteiger partial charge in [-0.25, -0.2) is 8.42 Å². The van der Waals surface area contributed by atoms with Crippen molar-refractivity contribution in [2.45, 2.75) is 44.0 Å². The summed E-state index contributed by atoms with van der Waals surface area (Å²) >= 11 is 5.54. The molecule has 0 saturated heterocycles. The molecule has 0 radical (unpaired) electrons. The zero-order valence-electron chi connectivity index (χ0n) is 16.2. The quantitative estimate of drug-likeness (QED) is 0.634. The average molecular weight is 465 g/mol. The number of amides is 1. The number of halogens is 4. The third kappa shape index (κ3) is 6.27. The molecule has 0 bridgehead atoms. The molecule has 0 aliphatic heterocycles. The molecule has 2 rings (SSSR count). The Labute approximate surface area is 177 Å². The van der Waals surface area contributed by atoms with Gasteiger partial charge in [0.05, 0.1) is 15.5 Å². The van der Waals surface area contributed by atoms with Crippen molar-refractivity contribution < 1.29 is 31.1 Å². The van der Waals surface area contributed by atoms with E-state index in [2.05, 4.69) is 10.0 Å². The lowest BCUT2D eigenvalue weighted by Gasteiger charge is -2.17. The molecule has 164 valence electrons. The van der Waals surface area contributed by atoms with Gasteiger partial charge in [0.15, 0.2) is 6.10 Å². The Kier molecular flexibility index (Phi) is 7.25. The summed E-state index contributed by atoms with van der Waals surface area (Å²) in [5.74, 6) is -0.0715. The van der Waals surface area contributed by atoms with Gasteiger partial charge in [-0.15, -0.1) is 0 Å². The maximum atomic E-state index is 13.0. The highest BCUT2D eigenvalue weighted by atomic mass is 35.5. The molecule has 0 unspecified atom stereocenters. The number of ether oxygens (including phenoxy) is 1. The van der Waals surface area contributed by atoms with E-state index < -0.39 is 32.9 Å². The predicted octanol–water partition coefficient (Wildman–Crippen LogP) is 4.45. The molecule has 2 N–H and O–H groups in total. The summed E-state index contributed by atoms with van der Waals surface area (Å²) in [4.78, 5) is 11.7. The fourth-order valence-corrected chi connectivity index (χ4v) is 3.65. The number of anilines is 1. The van der Waals surface area contributed by atoms with E-state index in [0.717, 1.165) is 12.1 Å². The minimum atomic E-state index is -4.73. The molecule has 1 amide bonds. The van der Waals surface area contributed by atoms with Gasteiger partial charge < -0.3 is 10.1 Å². The topological polar surface area (TPSA) is 84.5 Å². The van der Waals surface area contributed by atoms with Gasteiger partial charge in [-0.3, -0.25) is 9.52 Å². The number of nitrogens with one attached hydrogen (secondary N) is 2. The minimum absolute atomic E-state index is 0.0622. The lowest BCUT2D eigenvalue weighted by atomic mass is 10.2. The second-order valence-corrected chi connectivity index (χ2v) is 8.78. The first kappa shape index (κ1) is 23.8. The van der Waals surface area contributed by atoms with Crippen LogP contribution in [0, 0.1) is 0 Å². The summed E-state index contributed by atoms with van der Waals surface area (Å²) in [6.07, 6.45) is -5.53. The number of alkyl halides is 3. The molecule has 30 heavy (non-hydrogen) atoms. The van der Waals surface area contributed by atoms with Crippen LogP contribution < -0.4 is 14.8 Å². The number of benzene rings is 2. The molecule has 11 heteroatoms. The largest absolute Gasteiger partial charge is 0.481 e. The van der Waals surface area contributed by atoms with E-state index in [9.17, 15) is 26.4 Å². The van der Waals surface area contributed by atoms with Crippen LogP contribution in [0.2, 0.25) is 5.02 Å². The number of sulfonamides is 1. The van der Waals surface area contributed by atoms with Gasteiger partial charge in [0.25, 0.3) is 15.9 Å². The van der Waals surface area contributed by atoms with Crippen molar-refractivity contribution in [1.82, 2.24) is 5.32 Å².